The highest BCUT2D eigenvalue weighted by molar-refractivity contribution is 6.30. The molecule has 0 saturated carbocycles. The summed E-state index contributed by atoms with van der Waals surface area (Å²) in [6, 6.07) is 12.1. The van der Waals surface area contributed by atoms with E-state index in [1.54, 1.807) is 11.0 Å². The van der Waals surface area contributed by atoms with Crippen molar-refractivity contribution in [1.82, 2.24) is 24.6 Å². The van der Waals surface area contributed by atoms with Gasteiger partial charge in [-0.3, -0.25) is 19.8 Å². The monoisotopic (exact) mass is 426 g/mol. The van der Waals surface area contributed by atoms with Crippen LogP contribution in [-0.4, -0.2) is 61.6 Å². The molecule has 0 spiro atoms. The third-order valence-corrected chi connectivity index (χ3v) is 5.27. The molecule has 2 aromatic carbocycles. The maximum atomic E-state index is 12.9. The van der Waals surface area contributed by atoms with E-state index in [0.717, 1.165) is 25.2 Å². The lowest BCUT2D eigenvalue weighted by Gasteiger charge is -2.34. The fraction of sp³-hybridized carbons (Fsp3) is 0.250. The summed E-state index contributed by atoms with van der Waals surface area (Å²) >= 11 is 6.05. The van der Waals surface area contributed by atoms with Crippen LogP contribution in [0, 0.1) is 10.1 Å². The fourth-order valence-electron chi connectivity index (χ4n) is 3.51. The van der Waals surface area contributed by atoms with E-state index in [1.165, 1.54) is 29.5 Å². The zero-order valence-corrected chi connectivity index (χ0v) is 16.8. The van der Waals surface area contributed by atoms with Crippen molar-refractivity contribution in [2.75, 3.05) is 26.2 Å². The highest BCUT2D eigenvalue weighted by Crippen LogP contribution is 2.24. The van der Waals surface area contributed by atoms with E-state index >= 15 is 0 Å². The number of nitro groups is 1. The van der Waals surface area contributed by atoms with Gasteiger partial charge in [-0.1, -0.05) is 23.7 Å². The van der Waals surface area contributed by atoms with Gasteiger partial charge in [-0.15, -0.1) is 0 Å². The van der Waals surface area contributed by atoms with Crippen molar-refractivity contribution in [1.29, 1.82) is 0 Å². The van der Waals surface area contributed by atoms with Crippen LogP contribution in [0.1, 0.15) is 15.9 Å². The van der Waals surface area contributed by atoms with Crippen LogP contribution in [0.4, 0.5) is 5.69 Å². The van der Waals surface area contributed by atoms with Crippen LogP contribution < -0.4 is 0 Å². The van der Waals surface area contributed by atoms with Crippen LogP contribution in [-0.2, 0) is 6.54 Å². The number of carbonyl (C=O) groups excluding carboxylic acids is 1. The standard InChI is InChI=1S/C20H19ClN6O3/c21-17-3-1-2-15(10-17)12-24-6-8-25(9-7-24)20(28)16-4-5-18(19(11-16)27(29)30)26-14-22-13-23-26/h1-5,10-11,13-14H,6-9,12H2. The Hall–Kier alpha value is -3.30. The SMILES string of the molecule is O=C(c1ccc(-n2cncn2)c([N+](=O)[O-])c1)N1CCN(Cc2cccc(Cl)c2)CC1. The Morgan fingerprint density at radius 1 is 1.13 bits per heavy atom. The summed E-state index contributed by atoms with van der Waals surface area (Å²) in [6.45, 7) is 3.31. The summed E-state index contributed by atoms with van der Waals surface area (Å²) in [4.78, 5) is 31.7. The van der Waals surface area contributed by atoms with Gasteiger partial charge in [0.2, 0.25) is 0 Å². The molecule has 1 aliphatic heterocycles. The highest BCUT2D eigenvalue weighted by Gasteiger charge is 2.25. The summed E-state index contributed by atoms with van der Waals surface area (Å²) in [5.74, 6) is -0.217. The lowest BCUT2D eigenvalue weighted by atomic mass is 10.1. The minimum Gasteiger partial charge on any atom is -0.336 e. The largest absolute Gasteiger partial charge is 0.336 e. The van der Waals surface area contributed by atoms with Crippen LogP contribution >= 0.6 is 11.6 Å². The Labute approximate surface area is 177 Å². The predicted octanol–water partition coefficient (Wildman–Crippen LogP) is 2.79. The van der Waals surface area contributed by atoms with Gasteiger partial charge in [0.1, 0.15) is 18.3 Å². The van der Waals surface area contributed by atoms with Crippen molar-refractivity contribution >= 4 is 23.2 Å². The number of carbonyl (C=O) groups is 1. The van der Waals surface area contributed by atoms with E-state index in [-0.39, 0.29) is 22.8 Å². The molecule has 30 heavy (non-hydrogen) atoms. The number of hydrogen-bond acceptors (Lipinski definition) is 6. The third-order valence-electron chi connectivity index (χ3n) is 5.04. The Balaban J connectivity index is 1.44. The number of halogens is 1. The quantitative estimate of drug-likeness (QED) is 0.459. The minimum atomic E-state index is -0.517. The molecule has 9 nitrogen and oxygen atoms in total. The van der Waals surface area contributed by atoms with Crippen LogP contribution in [0.3, 0.4) is 0 Å². The Morgan fingerprint density at radius 2 is 1.93 bits per heavy atom. The number of benzene rings is 2. The van der Waals surface area contributed by atoms with Gasteiger partial charge in [0.15, 0.2) is 0 Å². The Morgan fingerprint density at radius 3 is 2.60 bits per heavy atom. The Bertz CT molecular complexity index is 1060. The first-order chi connectivity index (χ1) is 14.5. The first-order valence-corrected chi connectivity index (χ1v) is 9.78. The number of aromatic nitrogens is 3. The number of piperazine rings is 1. The summed E-state index contributed by atoms with van der Waals surface area (Å²) in [6.07, 6.45) is 2.68. The smallest absolute Gasteiger partial charge is 0.295 e. The molecule has 154 valence electrons. The minimum absolute atomic E-state index is 0.189. The maximum absolute atomic E-state index is 12.9. The summed E-state index contributed by atoms with van der Waals surface area (Å²) < 4.78 is 1.31. The van der Waals surface area contributed by atoms with Gasteiger partial charge >= 0.3 is 0 Å². The number of nitrogens with zero attached hydrogens (tertiary/aromatic N) is 6. The normalized spacial score (nSPS) is 14.6. The molecule has 0 atom stereocenters. The van der Waals surface area contributed by atoms with Crippen molar-refractivity contribution in [3.8, 4) is 5.69 Å². The van der Waals surface area contributed by atoms with E-state index < -0.39 is 4.92 Å². The molecule has 1 aromatic heterocycles. The first-order valence-electron chi connectivity index (χ1n) is 9.41. The molecule has 0 bridgehead atoms. The van der Waals surface area contributed by atoms with E-state index in [4.69, 9.17) is 11.6 Å². The Kier molecular flexibility index (Phi) is 5.73. The van der Waals surface area contributed by atoms with Crippen LogP contribution in [0.5, 0.6) is 0 Å². The average molecular weight is 427 g/mol. The average Bonchev–Trinajstić information content (AvgIpc) is 3.28. The molecule has 10 heteroatoms. The molecule has 2 heterocycles. The third kappa shape index (κ3) is 4.32. The van der Waals surface area contributed by atoms with Gasteiger partial charge in [0.25, 0.3) is 11.6 Å². The second kappa shape index (κ2) is 8.60. The summed E-state index contributed by atoms with van der Waals surface area (Å²) in [5, 5.41) is 16.2. The number of hydrogen-bond donors (Lipinski definition) is 0. The van der Waals surface area contributed by atoms with Gasteiger partial charge in [0.05, 0.1) is 4.92 Å². The molecular formula is C20H19ClN6O3. The molecule has 1 saturated heterocycles. The van der Waals surface area contributed by atoms with Crippen LogP contribution in [0.25, 0.3) is 5.69 Å². The van der Waals surface area contributed by atoms with Gasteiger partial charge < -0.3 is 4.90 Å². The maximum Gasteiger partial charge on any atom is 0.295 e. The van der Waals surface area contributed by atoms with Gasteiger partial charge in [0, 0.05) is 49.4 Å². The number of amides is 1. The van der Waals surface area contributed by atoms with Crippen molar-refractivity contribution in [3.05, 3.63) is 81.4 Å². The molecule has 1 fully saturated rings. The van der Waals surface area contributed by atoms with Crippen LogP contribution in [0.15, 0.2) is 55.1 Å². The molecule has 0 N–H and O–H groups in total. The highest BCUT2D eigenvalue weighted by atomic mass is 35.5. The van der Waals surface area contributed by atoms with Crippen molar-refractivity contribution < 1.29 is 9.72 Å². The summed E-state index contributed by atoms with van der Waals surface area (Å²) in [7, 11) is 0. The molecular weight excluding hydrogens is 408 g/mol. The summed E-state index contributed by atoms with van der Waals surface area (Å²) in [5.41, 5.74) is 1.49. The lowest BCUT2D eigenvalue weighted by molar-refractivity contribution is -0.384. The zero-order valence-electron chi connectivity index (χ0n) is 16.0. The van der Waals surface area contributed by atoms with Crippen molar-refractivity contribution in [3.63, 3.8) is 0 Å². The molecule has 1 amide bonds. The van der Waals surface area contributed by atoms with E-state index in [2.05, 4.69) is 15.0 Å². The molecule has 0 aliphatic carbocycles. The van der Waals surface area contributed by atoms with E-state index in [0.29, 0.717) is 18.1 Å². The van der Waals surface area contributed by atoms with E-state index in [9.17, 15) is 14.9 Å². The second-order valence-electron chi connectivity index (χ2n) is 7.00. The van der Waals surface area contributed by atoms with Crippen molar-refractivity contribution in [2.45, 2.75) is 6.54 Å². The van der Waals surface area contributed by atoms with Crippen molar-refractivity contribution in [2.24, 2.45) is 0 Å². The van der Waals surface area contributed by atoms with Gasteiger partial charge in [-0.25, -0.2) is 9.67 Å². The van der Waals surface area contributed by atoms with Crippen LogP contribution in [0.2, 0.25) is 5.02 Å². The van der Waals surface area contributed by atoms with Gasteiger partial charge in [-0.05, 0) is 29.8 Å². The molecule has 0 unspecified atom stereocenters. The lowest BCUT2D eigenvalue weighted by Crippen LogP contribution is -2.48. The van der Waals surface area contributed by atoms with E-state index in [1.807, 2.05) is 24.3 Å². The molecule has 4 rings (SSSR count). The first kappa shape index (κ1) is 20.0. The predicted molar refractivity (Wildman–Crippen MR) is 111 cm³/mol. The fourth-order valence-corrected chi connectivity index (χ4v) is 3.73. The number of nitro benzene ring substituents is 1. The number of rotatable bonds is 5. The van der Waals surface area contributed by atoms with Gasteiger partial charge in [-0.2, -0.15) is 5.10 Å². The second-order valence-corrected chi connectivity index (χ2v) is 7.44. The molecule has 1 aliphatic rings. The molecule has 3 aromatic rings. The zero-order chi connectivity index (χ0) is 21.1. The topological polar surface area (TPSA) is 97.4 Å². The molecule has 0 radical (unpaired) electrons.